The fourth-order valence-electron chi connectivity index (χ4n) is 5.71. The van der Waals surface area contributed by atoms with E-state index in [9.17, 15) is 14.4 Å². The Hall–Kier alpha value is -2.35. The van der Waals surface area contributed by atoms with Gasteiger partial charge in [-0.15, -0.1) is 5.10 Å². The zero-order valence-corrected chi connectivity index (χ0v) is 22.2. The molecule has 4 rings (SSSR count). The van der Waals surface area contributed by atoms with Crippen molar-refractivity contribution < 1.29 is 14.4 Å². The van der Waals surface area contributed by atoms with Gasteiger partial charge in [-0.1, -0.05) is 87.0 Å². The van der Waals surface area contributed by atoms with E-state index in [0.717, 1.165) is 82.8 Å². The molecule has 2 aliphatic carbocycles. The van der Waals surface area contributed by atoms with Crippen molar-refractivity contribution in [2.24, 2.45) is 16.9 Å². The Kier molecular flexibility index (Phi) is 9.84. The lowest BCUT2D eigenvalue weighted by atomic mass is 9.81. The van der Waals surface area contributed by atoms with Gasteiger partial charge < -0.3 is 10.2 Å². The summed E-state index contributed by atoms with van der Waals surface area (Å²) in [5, 5.41) is 8.02. The van der Waals surface area contributed by atoms with Crippen LogP contribution in [0, 0.1) is 11.8 Å². The van der Waals surface area contributed by atoms with Crippen molar-refractivity contribution in [1.82, 2.24) is 15.6 Å². The summed E-state index contributed by atoms with van der Waals surface area (Å²) in [4.78, 5) is 41.4. The van der Waals surface area contributed by atoms with E-state index in [1.165, 1.54) is 5.56 Å². The standard InChI is InChI=1S/C28H40N4O3S/c1-32-23(18-20-12-6-4-7-13-20)19-36-28(32)31-30-27(35)25(33)24(21-14-10-5-11-15-21)29-26(34)22-16-8-2-3-9-17-22/h4,6-7,12-13,21-24H,2-3,5,8-11,14-19H2,1H3,(H,29,34)(H,30,35)/b31-28-/t23-,24?/m1/s1. The van der Waals surface area contributed by atoms with E-state index in [1.54, 1.807) is 11.8 Å². The van der Waals surface area contributed by atoms with Gasteiger partial charge in [0, 0.05) is 24.8 Å². The number of likely N-dealkylation sites (N-methyl/N-ethyl adjacent to an activating group) is 1. The predicted molar refractivity (Wildman–Crippen MR) is 144 cm³/mol. The summed E-state index contributed by atoms with van der Waals surface area (Å²) in [5.74, 6) is -0.539. The molecule has 0 aromatic heterocycles. The van der Waals surface area contributed by atoms with Crippen LogP contribution in [0.5, 0.6) is 0 Å². The summed E-state index contributed by atoms with van der Waals surface area (Å²) in [6.45, 7) is 0. The van der Waals surface area contributed by atoms with Crippen LogP contribution >= 0.6 is 11.8 Å². The molecule has 36 heavy (non-hydrogen) atoms. The van der Waals surface area contributed by atoms with Gasteiger partial charge in [-0.2, -0.15) is 0 Å². The summed E-state index contributed by atoms with van der Waals surface area (Å²) in [5.41, 5.74) is 3.77. The van der Waals surface area contributed by atoms with Crippen molar-refractivity contribution in [2.45, 2.75) is 89.1 Å². The molecule has 3 fully saturated rings. The lowest BCUT2D eigenvalue weighted by molar-refractivity contribution is -0.141. The number of carbonyl (C=O) groups excluding carboxylic acids is 3. The number of rotatable bonds is 8. The number of thioether (sulfide) groups is 1. The zero-order chi connectivity index (χ0) is 25.3. The van der Waals surface area contributed by atoms with Crippen molar-refractivity contribution in [3.05, 3.63) is 35.9 Å². The maximum Gasteiger partial charge on any atom is 0.309 e. The Morgan fingerprint density at radius 2 is 1.61 bits per heavy atom. The largest absolute Gasteiger partial charge is 0.349 e. The van der Waals surface area contributed by atoms with Crippen LogP contribution in [0.4, 0.5) is 0 Å². The molecule has 196 valence electrons. The van der Waals surface area contributed by atoms with Gasteiger partial charge in [0.25, 0.3) is 0 Å². The Morgan fingerprint density at radius 1 is 0.972 bits per heavy atom. The molecular formula is C28H40N4O3S. The number of ketones is 1. The molecule has 1 heterocycles. The van der Waals surface area contributed by atoms with E-state index in [2.05, 4.69) is 32.9 Å². The molecule has 3 aliphatic rings. The van der Waals surface area contributed by atoms with Crippen molar-refractivity contribution in [1.29, 1.82) is 0 Å². The van der Waals surface area contributed by atoms with Crippen LogP contribution in [0.2, 0.25) is 0 Å². The van der Waals surface area contributed by atoms with E-state index >= 15 is 0 Å². The number of benzene rings is 1. The first kappa shape index (κ1) is 26.7. The van der Waals surface area contributed by atoms with Crippen molar-refractivity contribution in [3.63, 3.8) is 0 Å². The molecule has 2 N–H and O–H groups in total. The normalized spacial score (nSPS) is 23.8. The van der Waals surface area contributed by atoms with Crippen molar-refractivity contribution in [2.75, 3.05) is 12.8 Å². The second-order valence-corrected chi connectivity index (χ2v) is 11.5. The molecular weight excluding hydrogens is 472 g/mol. The molecule has 1 aromatic carbocycles. The molecule has 1 saturated heterocycles. The minimum atomic E-state index is -0.763. The highest BCUT2D eigenvalue weighted by molar-refractivity contribution is 8.14. The molecule has 0 bridgehead atoms. The van der Waals surface area contributed by atoms with Crippen molar-refractivity contribution >= 4 is 34.5 Å². The van der Waals surface area contributed by atoms with Crippen LogP contribution < -0.4 is 10.7 Å². The molecule has 0 spiro atoms. The Morgan fingerprint density at radius 3 is 2.31 bits per heavy atom. The Balaban J connectivity index is 1.37. The molecule has 1 aliphatic heterocycles. The number of amides is 2. The molecule has 1 unspecified atom stereocenters. The quantitative estimate of drug-likeness (QED) is 0.308. The second kappa shape index (κ2) is 13.3. The number of hydrogen-bond donors (Lipinski definition) is 2. The third-order valence-electron chi connectivity index (χ3n) is 7.97. The van der Waals surface area contributed by atoms with Gasteiger partial charge in [-0.25, -0.2) is 5.43 Å². The van der Waals surface area contributed by atoms with E-state index in [4.69, 9.17) is 0 Å². The molecule has 2 saturated carbocycles. The van der Waals surface area contributed by atoms with Gasteiger partial charge in [0.2, 0.25) is 11.7 Å². The van der Waals surface area contributed by atoms with Gasteiger partial charge >= 0.3 is 5.91 Å². The van der Waals surface area contributed by atoms with Gasteiger partial charge in [0.1, 0.15) is 6.04 Å². The van der Waals surface area contributed by atoms with Gasteiger partial charge in [0.05, 0.1) is 0 Å². The van der Waals surface area contributed by atoms with Gasteiger partial charge in [-0.3, -0.25) is 14.4 Å². The molecule has 0 radical (unpaired) electrons. The maximum absolute atomic E-state index is 13.3. The van der Waals surface area contributed by atoms with E-state index in [1.807, 2.05) is 25.2 Å². The van der Waals surface area contributed by atoms with Crippen LogP contribution in [-0.4, -0.2) is 52.5 Å². The van der Waals surface area contributed by atoms with E-state index in [-0.39, 0.29) is 23.8 Å². The summed E-state index contributed by atoms with van der Waals surface area (Å²) >= 11 is 1.58. The highest BCUT2D eigenvalue weighted by Gasteiger charge is 2.36. The Labute approximate surface area is 219 Å². The highest BCUT2D eigenvalue weighted by atomic mass is 32.2. The first-order chi connectivity index (χ1) is 17.5. The predicted octanol–water partition coefficient (Wildman–Crippen LogP) is 4.27. The third kappa shape index (κ3) is 7.11. The third-order valence-corrected chi connectivity index (χ3v) is 9.16. The molecule has 7 nitrogen and oxygen atoms in total. The van der Waals surface area contributed by atoms with Crippen LogP contribution in [-0.2, 0) is 20.8 Å². The lowest BCUT2D eigenvalue weighted by Gasteiger charge is -2.30. The maximum atomic E-state index is 13.3. The molecule has 1 aromatic rings. The smallest absolute Gasteiger partial charge is 0.309 e. The first-order valence-electron chi connectivity index (χ1n) is 13.6. The molecule has 2 atom stereocenters. The van der Waals surface area contributed by atoms with E-state index in [0.29, 0.717) is 5.17 Å². The van der Waals surface area contributed by atoms with Crippen LogP contribution in [0.25, 0.3) is 0 Å². The summed E-state index contributed by atoms with van der Waals surface area (Å²) in [7, 11) is 1.97. The fourth-order valence-corrected chi connectivity index (χ4v) is 6.85. The topological polar surface area (TPSA) is 90.9 Å². The summed E-state index contributed by atoms with van der Waals surface area (Å²) in [6, 6.07) is 9.82. The average molecular weight is 513 g/mol. The minimum Gasteiger partial charge on any atom is -0.349 e. The SMILES string of the molecule is CN1/C(=N/NC(=O)C(=O)C(NC(=O)C2CCCCCC2)C2CCCCC2)SC[C@H]1Cc1ccccc1. The zero-order valence-electron chi connectivity index (χ0n) is 21.4. The monoisotopic (exact) mass is 512 g/mol. The average Bonchev–Trinajstić information content (AvgIpc) is 3.09. The minimum absolute atomic E-state index is 0.0122. The lowest BCUT2D eigenvalue weighted by Crippen LogP contribution is -2.52. The van der Waals surface area contributed by atoms with Crippen LogP contribution in [0.1, 0.15) is 76.2 Å². The number of Topliss-reactive ketones (excluding diaryl/α,β-unsaturated/α-hetero) is 1. The Bertz CT molecular complexity index is 924. The summed E-state index contributed by atoms with van der Waals surface area (Å²) < 4.78 is 0. The summed E-state index contributed by atoms with van der Waals surface area (Å²) in [6.07, 6.45) is 12.0. The number of hydrogen-bond acceptors (Lipinski definition) is 5. The molecule has 8 heteroatoms. The number of hydrazone groups is 1. The number of nitrogens with zero attached hydrogens (tertiary/aromatic N) is 2. The first-order valence-corrected chi connectivity index (χ1v) is 14.6. The van der Waals surface area contributed by atoms with Crippen molar-refractivity contribution in [3.8, 4) is 0 Å². The van der Waals surface area contributed by atoms with Crippen LogP contribution in [0.3, 0.4) is 0 Å². The molecule has 2 amide bonds. The second-order valence-electron chi connectivity index (χ2n) is 10.5. The fraction of sp³-hybridized carbons (Fsp3) is 0.643. The van der Waals surface area contributed by atoms with Gasteiger partial charge in [-0.05, 0) is 43.6 Å². The number of amidine groups is 1. The van der Waals surface area contributed by atoms with Crippen LogP contribution in [0.15, 0.2) is 35.4 Å². The van der Waals surface area contributed by atoms with Gasteiger partial charge in [0.15, 0.2) is 5.17 Å². The van der Waals surface area contributed by atoms with E-state index < -0.39 is 17.7 Å². The number of nitrogens with one attached hydrogen (secondary N) is 2. The highest BCUT2D eigenvalue weighted by Crippen LogP contribution is 2.29. The number of carbonyl (C=O) groups is 3.